The number of aromatic nitrogens is 1. The van der Waals surface area contributed by atoms with Crippen molar-refractivity contribution in [3.05, 3.63) is 50.8 Å². The van der Waals surface area contributed by atoms with Crippen molar-refractivity contribution in [1.82, 2.24) is 4.68 Å². The Morgan fingerprint density at radius 2 is 2.00 bits per heavy atom. The van der Waals surface area contributed by atoms with E-state index in [4.69, 9.17) is 25.8 Å². The highest BCUT2D eigenvalue weighted by Gasteiger charge is 2.50. The number of esters is 1. The van der Waals surface area contributed by atoms with Gasteiger partial charge >= 0.3 is 5.97 Å². The smallest absolute Gasteiger partial charge is 0.343 e. The van der Waals surface area contributed by atoms with E-state index in [0.29, 0.717) is 48.9 Å². The molecule has 10 heteroatoms. The van der Waals surface area contributed by atoms with E-state index in [9.17, 15) is 19.8 Å². The molecule has 4 rings (SSSR count). The number of carbonyl (C=O) groups is 1. The van der Waals surface area contributed by atoms with Crippen molar-refractivity contribution in [2.75, 3.05) is 45.2 Å². The van der Waals surface area contributed by atoms with Gasteiger partial charge in [-0.15, -0.1) is 0 Å². The van der Waals surface area contributed by atoms with Gasteiger partial charge in [-0.2, -0.15) is 0 Å². The van der Waals surface area contributed by atoms with Crippen LogP contribution in [0.5, 0.6) is 5.75 Å². The molecule has 1 fully saturated rings. The lowest BCUT2D eigenvalue weighted by molar-refractivity contribution is 0.0523. The largest absolute Gasteiger partial charge is 0.492 e. The maximum atomic E-state index is 12.9. The Kier molecular flexibility index (Phi) is 7.18. The molecule has 1 aromatic carbocycles. The maximum absolute atomic E-state index is 12.9. The van der Waals surface area contributed by atoms with Crippen molar-refractivity contribution in [3.8, 4) is 17.0 Å². The van der Waals surface area contributed by atoms with Crippen LogP contribution < -0.4 is 15.2 Å². The summed E-state index contributed by atoms with van der Waals surface area (Å²) in [5.74, 6) is -0.207. The molecule has 0 bridgehead atoms. The average molecular weight is 493 g/mol. The second-order valence-corrected chi connectivity index (χ2v) is 8.91. The summed E-state index contributed by atoms with van der Waals surface area (Å²) in [6.45, 7) is 2.19. The maximum Gasteiger partial charge on any atom is 0.343 e. The lowest BCUT2D eigenvalue weighted by Crippen LogP contribution is -2.58. The zero-order valence-electron chi connectivity index (χ0n) is 19.3. The fraction of sp³-hybridized carbons (Fsp3) is 0.500. The molecule has 34 heavy (non-hydrogen) atoms. The standard InChI is InChI=1S/C24H29ClN2O7/c1-3-33-23(31)17-12-26-20(11-21(17)30)15-9-18(25)22(34-8-4-7-32-2)10-16(15)19-5-6-24(13-28,14-29)27(19)26/h9-12,19,28-29H,3-8,13-14H2,1-2H3/t19-/m1/s1. The fourth-order valence-electron chi connectivity index (χ4n) is 4.82. The molecule has 0 spiro atoms. The highest BCUT2D eigenvalue weighted by Crippen LogP contribution is 2.50. The minimum Gasteiger partial charge on any atom is -0.492 e. The summed E-state index contributed by atoms with van der Waals surface area (Å²) < 4.78 is 17.7. The summed E-state index contributed by atoms with van der Waals surface area (Å²) in [4.78, 5) is 25.3. The molecule has 1 atom stereocenters. The highest BCUT2D eigenvalue weighted by atomic mass is 35.5. The first-order chi connectivity index (χ1) is 16.4. The van der Waals surface area contributed by atoms with Crippen molar-refractivity contribution < 1.29 is 29.2 Å². The van der Waals surface area contributed by atoms with Crippen LogP contribution in [0.4, 0.5) is 0 Å². The molecule has 9 nitrogen and oxygen atoms in total. The Morgan fingerprint density at radius 1 is 1.24 bits per heavy atom. The monoisotopic (exact) mass is 492 g/mol. The molecule has 0 aliphatic carbocycles. The molecule has 2 N–H and O–H groups in total. The molecule has 1 aromatic heterocycles. The van der Waals surface area contributed by atoms with Gasteiger partial charge in [0.25, 0.3) is 0 Å². The van der Waals surface area contributed by atoms with Gasteiger partial charge in [0.15, 0.2) is 5.43 Å². The lowest BCUT2D eigenvalue weighted by atomic mass is 9.94. The molecule has 184 valence electrons. The molecule has 1 saturated heterocycles. The van der Waals surface area contributed by atoms with Gasteiger partial charge in [-0.1, -0.05) is 11.6 Å². The van der Waals surface area contributed by atoms with Crippen molar-refractivity contribution in [2.24, 2.45) is 0 Å². The number of hydrogen-bond acceptors (Lipinski definition) is 8. The minimum atomic E-state index is -0.975. The van der Waals surface area contributed by atoms with E-state index in [1.165, 1.54) is 12.3 Å². The number of halogens is 1. The van der Waals surface area contributed by atoms with E-state index in [1.54, 1.807) is 24.8 Å². The normalized spacial score (nSPS) is 17.7. The number of methoxy groups -OCH3 is 1. The van der Waals surface area contributed by atoms with Crippen LogP contribution in [0.3, 0.4) is 0 Å². The first-order valence-corrected chi connectivity index (χ1v) is 11.7. The van der Waals surface area contributed by atoms with Crippen LogP contribution in [0.1, 0.15) is 48.1 Å². The summed E-state index contributed by atoms with van der Waals surface area (Å²) in [5, 5.41) is 22.8. The number of ether oxygens (including phenoxy) is 3. The molecule has 2 aliphatic heterocycles. The van der Waals surface area contributed by atoms with Gasteiger partial charge < -0.3 is 24.4 Å². The lowest BCUT2D eigenvalue weighted by Gasteiger charge is -2.46. The molecule has 2 aromatic rings. The van der Waals surface area contributed by atoms with E-state index in [0.717, 1.165) is 11.1 Å². The average Bonchev–Trinajstić information content (AvgIpc) is 3.22. The molecular weight excluding hydrogens is 464 g/mol. The molecule has 0 saturated carbocycles. The Labute approximate surface area is 202 Å². The Bertz CT molecular complexity index is 1130. The van der Waals surface area contributed by atoms with Gasteiger partial charge in [-0.3, -0.25) is 14.5 Å². The molecule has 0 amide bonds. The van der Waals surface area contributed by atoms with Crippen LogP contribution in [-0.4, -0.2) is 66.5 Å². The Hall–Kier alpha value is -2.59. The zero-order valence-corrected chi connectivity index (χ0v) is 20.0. The van der Waals surface area contributed by atoms with E-state index >= 15 is 0 Å². The third-order valence-electron chi connectivity index (χ3n) is 6.50. The van der Waals surface area contributed by atoms with E-state index in [1.807, 2.05) is 11.1 Å². The minimum absolute atomic E-state index is 0.117. The number of hydrogen-bond donors (Lipinski definition) is 2. The second-order valence-electron chi connectivity index (χ2n) is 8.51. The summed E-state index contributed by atoms with van der Waals surface area (Å²) in [6, 6.07) is 4.75. The van der Waals surface area contributed by atoms with Gasteiger partial charge in [0.1, 0.15) is 16.9 Å². The summed E-state index contributed by atoms with van der Waals surface area (Å²) in [6.07, 6.45) is 3.28. The number of benzene rings is 1. The van der Waals surface area contributed by atoms with Crippen LogP contribution in [0.25, 0.3) is 11.3 Å². The number of aliphatic hydroxyl groups is 2. The highest BCUT2D eigenvalue weighted by molar-refractivity contribution is 6.32. The summed E-state index contributed by atoms with van der Waals surface area (Å²) >= 11 is 6.55. The van der Waals surface area contributed by atoms with Crippen LogP contribution in [0, 0.1) is 0 Å². The van der Waals surface area contributed by atoms with Gasteiger partial charge in [0.05, 0.1) is 43.2 Å². The topological polar surface area (TPSA) is 110 Å². The number of nitrogens with zero attached hydrogens (tertiary/aromatic N) is 2. The van der Waals surface area contributed by atoms with Crippen LogP contribution >= 0.6 is 11.6 Å². The van der Waals surface area contributed by atoms with Crippen LogP contribution in [0.15, 0.2) is 29.2 Å². The van der Waals surface area contributed by atoms with Crippen LogP contribution in [-0.2, 0) is 9.47 Å². The number of fused-ring (bicyclic) bond motifs is 6. The summed E-state index contributed by atoms with van der Waals surface area (Å²) in [7, 11) is 1.63. The number of rotatable bonds is 9. The quantitative estimate of drug-likeness (QED) is 0.405. The van der Waals surface area contributed by atoms with Gasteiger partial charge in [-0.25, -0.2) is 4.79 Å². The van der Waals surface area contributed by atoms with Crippen molar-refractivity contribution >= 4 is 17.6 Å². The van der Waals surface area contributed by atoms with Crippen molar-refractivity contribution in [1.29, 1.82) is 0 Å². The van der Waals surface area contributed by atoms with E-state index in [-0.39, 0.29) is 31.4 Å². The Balaban J connectivity index is 1.88. The zero-order chi connectivity index (χ0) is 24.5. The number of aliphatic hydroxyl groups excluding tert-OH is 2. The number of carbonyl (C=O) groups excluding carboxylic acids is 1. The van der Waals surface area contributed by atoms with Gasteiger partial charge in [-0.05, 0) is 37.5 Å². The van der Waals surface area contributed by atoms with Gasteiger partial charge in [0, 0.05) is 38.0 Å². The predicted molar refractivity (Wildman–Crippen MR) is 126 cm³/mol. The predicted octanol–water partition coefficient (Wildman–Crippen LogP) is 2.27. The van der Waals surface area contributed by atoms with Gasteiger partial charge in [0.2, 0.25) is 0 Å². The fourth-order valence-corrected chi connectivity index (χ4v) is 5.04. The van der Waals surface area contributed by atoms with Crippen molar-refractivity contribution in [3.63, 3.8) is 0 Å². The summed E-state index contributed by atoms with van der Waals surface area (Å²) in [5.41, 5.74) is 0.534. The van der Waals surface area contributed by atoms with E-state index < -0.39 is 16.9 Å². The van der Waals surface area contributed by atoms with Crippen LogP contribution in [0.2, 0.25) is 5.02 Å². The van der Waals surface area contributed by atoms with E-state index in [2.05, 4.69) is 0 Å². The molecule has 3 heterocycles. The second kappa shape index (κ2) is 9.95. The SMILES string of the molecule is CCOC(=O)c1cn2c(cc1=O)-c1cc(Cl)c(OCCCOC)cc1[C@H]1CCC(CO)(CO)N12. The third-order valence-corrected chi connectivity index (χ3v) is 6.80. The molecule has 2 aliphatic rings. The first kappa shape index (κ1) is 24.5. The molecule has 0 unspecified atom stereocenters. The first-order valence-electron chi connectivity index (χ1n) is 11.3. The van der Waals surface area contributed by atoms with Crippen molar-refractivity contribution in [2.45, 2.75) is 37.8 Å². The molecule has 0 radical (unpaired) electrons. The number of pyridine rings is 1. The third kappa shape index (κ3) is 4.07. The molecular formula is C24H29ClN2O7. The Morgan fingerprint density at radius 3 is 2.68 bits per heavy atom.